The maximum absolute atomic E-state index is 14.5. The molecular weight excluding hydrogens is 315 g/mol. The molecule has 3 heterocycles. The highest BCUT2D eigenvalue weighted by Gasteiger charge is 2.52. The Bertz CT molecular complexity index is 795. The molecule has 0 aliphatic carbocycles. The fraction of sp³-hybridized carbons (Fsp3) is 0.412. The predicted molar refractivity (Wildman–Crippen MR) is 82.6 cm³/mol. The van der Waals surface area contributed by atoms with Gasteiger partial charge in [0.15, 0.2) is 18.5 Å². The van der Waals surface area contributed by atoms with Gasteiger partial charge in [-0.1, -0.05) is 30.3 Å². The minimum atomic E-state index is -1.33. The normalized spacial score (nSPS) is 27.6. The Morgan fingerprint density at radius 1 is 1.33 bits per heavy atom. The molecule has 0 spiro atoms. The van der Waals surface area contributed by atoms with Gasteiger partial charge in [0, 0.05) is 11.8 Å². The largest absolute Gasteiger partial charge is 0.455 e. The molecule has 0 amide bonds. The molecule has 1 aromatic heterocycles. The summed E-state index contributed by atoms with van der Waals surface area (Å²) in [5.74, 6) is 0. The molecule has 4 rings (SSSR count). The van der Waals surface area contributed by atoms with E-state index < -0.39 is 24.6 Å². The van der Waals surface area contributed by atoms with Crippen LogP contribution >= 0.6 is 0 Å². The Labute approximate surface area is 137 Å². The van der Waals surface area contributed by atoms with Crippen molar-refractivity contribution in [1.29, 1.82) is 0 Å². The van der Waals surface area contributed by atoms with Crippen LogP contribution in [0.3, 0.4) is 0 Å². The van der Waals surface area contributed by atoms with E-state index in [2.05, 4.69) is 4.98 Å². The third-order valence-electron chi connectivity index (χ3n) is 4.26. The van der Waals surface area contributed by atoms with Crippen molar-refractivity contribution >= 4 is 0 Å². The number of alkyl halides is 1. The summed E-state index contributed by atoms with van der Waals surface area (Å²) >= 11 is 0. The average Bonchev–Trinajstić information content (AvgIpc) is 2.78. The molecule has 7 heteroatoms. The van der Waals surface area contributed by atoms with Gasteiger partial charge in [0.25, 0.3) is 5.56 Å². The molecule has 2 aromatic rings. The van der Waals surface area contributed by atoms with Gasteiger partial charge in [0.2, 0.25) is 0 Å². The standard InChI is InChI=1S/C17H17FN2O4/c1-10-7-20-16-13(18)14(24-17(20)19-15(10)21)12(23-16)9-22-8-11-5-3-2-4-6-11/h2-7,12-14,16H,8-9H2,1H3/t12-,13+,14+,16-/m1/s1. The third kappa shape index (κ3) is 2.59. The Morgan fingerprint density at radius 3 is 2.92 bits per heavy atom. The van der Waals surface area contributed by atoms with Crippen LogP contribution in [0.15, 0.2) is 41.3 Å². The second kappa shape index (κ2) is 5.99. The first kappa shape index (κ1) is 15.3. The third-order valence-corrected chi connectivity index (χ3v) is 4.26. The lowest BCUT2D eigenvalue weighted by Gasteiger charge is -2.27. The summed E-state index contributed by atoms with van der Waals surface area (Å²) in [4.78, 5) is 15.5. The molecule has 1 aromatic carbocycles. The molecule has 1 saturated heterocycles. The van der Waals surface area contributed by atoms with Gasteiger partial charge in [-0.25, -0.2) is 4.39 Å². The van der Waals surface area contributed by atoms with Crippen LogP contribution in [0.4, 0.5) is 4.39 Å². The van der Waals surface area contributed by atoms with Crippen LogP contribution in [0.5, 0.6) is 6.01 Å². The molecule has 0 N–H and O–H groups in total. The van der Waals surface area contributed by atoms with Crippen LogP contribution in [0.2, 0.25) is 0 Å². The number of rotatable bonds is 4. The molecule has 0 unspecified atom stereocenters. The number of aryl methyl sites for hydroxylation is 1. The summed E-state index contributed by atoms with van der Waals surface area (Å²) in [6.45, 7) is 2.24. The van der Waals surface area contributed by atoms with E-state index in [0.29, 0.717) is 12.2 Å². The number of ether oxygens (including phenoxy) is 3. The maximum Gasteiger partial charge on any atom is 0.302 e. The first-order chi connectivity index (χ1) is 11.6. The summed E-state index contributed by atoms with van der Waals surface area (Å²) < 4.78 is 32.9. The second-order valence-electron chi connectivity index (χ2n) is 6.01. The van der Waals surface area contributed by atoms with E-state index in [1.807, 2.05) is 30.3 Å². The Morgan fingerprint density at radius 2 is 2.12 bits per heavy atom. The van der Waals surface area contributed by atoms with Crippen molar-refractivity contribution in [3.63, 3.8) is 0 Å². The van der Waals surface area contributed by atoms with E-state index in [1.54, 1.807) is 6.92 Å². The Hall–Kier alpha value is -2.25. The van der Waals surface area contributed by atoms with E-state index in [1.165, 1.54) is 10.8 Å². The smallest absolute Gasteiger partial charge is 0.302 e. The zero-order chi connectivity index (χ0) is 16.7. The molecule has 2 bridgehead atoms. The summed E-state index contributed by atoms with van der Waals surface area (Å²) in [5.41, 5.74) is 1.07. The highest BCUT2D eigenvalue weighted by molar-refractivity contribution is 5.15. The minimum absolute atomic E-state index is 0.0973. The van der Waals surface area contributed by atoms with Crippen molar-refractivity contribution in [2.24, 2.45) is 0 Å². The molecule has 24 heavy (non-hydrogen) atoms. The molecule has 6 nitrogen and oxygen atoms in total. The molecule has 0 saturated carbocycles. The molecule has 1 fully saturated rings. The van der Waals surface area contributed by atoms with E-state index >= 15 is 0 Å². The molecule has 2 aliphatic heterocycles. The van der Waals surface area contributed by atoms with Gasteiger partial charge in [-0.05, 0) is 12.5 Å². The van der Waals surface area contributed by atoms with E-state index in [4.69, 9.17) is 14.2 Å². The fourth-order valence-corrected chi connectivity index (χ4v) is 3.00. The van der Waals surface area contributed by atoms with Crippen LogP contribution < -0.4 is 10.3 Å². The maximum atomic E-state index is 14.5. The van der Waals surface area contributed by atoms with Crippen molar-refractivity contribution in [2.75, 3.05) is 6.61 Å². The second-order valence-corrected chi connectivity index (χ2v) is 6.01. The van der Waals surface area contributed by atoms with Crippen molar-refractivity contribution < 1.29 is 18.6 Å². The van der Waals surface area contributed by atoms with Gasteiger partial charge >= 0.3 is 6.01 Å². The van der Waals surface area contributed by atoms with Crippen molar-refractivity contribution in [2.45, 2.75) is 38.1 Å². The number of benzene rings is 1. The van der Waals surface area contributed by atoms with Crippen LogP contribution in [0, 0.1) is 6.92 Å². The first-order valence-corrected chi connectivity index (χ1v) is 7.81. The van der Waals surface area contributed by atoms with Gasteiger partial charge in [-0.15, -0.1) is 0 Å². The Balaban J connectivity index is 1.46. The summed E-state index contributed by atoms with van der Waals surface area (Å²) in [6, 6.07) is 9.80. The monoisotopic (exact) mass is 332 g/mol. The van der Waals surface area contributed by atoms with Crippen molar-refractivity contribution in [1.82, 2.24) is 9.55 Å². The zero-order valence-corrected chi connectivity index (χ0v) is 13.1. The number of hydrogen-bond acceptors (Lipinski definition) is 5. The number of fused-ring (bicyclic) bond motifs is 4. The summed E-state index contributed by atoms with van der Waals surface area (Å²) in [7, 11) is 0. The van der Waals surface area contributed by atoms with Crippen LogP contribution in [-0.2, 0) is 16.1 Å². The van der Waals surface area contributed by atoms with Crippen molar-refractivity contribution in [3.8, 4) is 6.01 Å². The number of halogens is 1. The van der Waals surface area contributed by atoms with Gasteiger partial charge in [0.05, 0.1) is 13.2 Å². The molecule has 126 valence electrons. The summed E-state index contributed by atoms with van der Waals surface area (Å²) in [5, 5.41) is 0. The van der Waals surface area contributed by atoms with E-state index in [-0.39, 0.29) is 18.2 Å². The zero-order valence-electron chi connectivity index (χ0n) is 13.1. The average molecular weight is 332 g/mol. The van der Waals surface area contributed by atoms with Crippen LogP contribution in [-0.4, -0.2) is 34.5 Å². The molecule has 2 aliphatic rings. The van der Waals surface area contributed by atoms with Crippen molar-refractivity contribution in [3.05, 3.63) is 58.0 Å². The van der Waals surface area contributed by atoms with Gasteiger partial charge < -0.3 is 14.2 Å². The minimum Gasteiger partial charge on any atom is -0.455 e. The SMILES string of the molecule is Cc1cn2c(nc1=O)O[C@@H]1[C@H](F)[C@H]2O[C@@H]1COCc1ccccc1. The lowest BCUT2D eigenvalue weighted by molar-refractivity contribution is -0.0537. The molecular formula is C17H17FN2O4. The molecule has 4 atom stereocenters. The predicted octanol–water partition coefficient (Wildman–Crippen LogP) is 1.77. The molecule has 0 radical (unpaired) electrons. The van der Waals surface area contributed by atoms with E-state index in [9.17, 15) is 9.18 Å². The Kier molecular flexibility index (Phi) is 3.82. The first-order valence-electron chi connectivity index (χ1n) is 7.81. The topological polar surface area (TPSA) is 62.6 Å². The van der Waals surface area contributed by atoms with Gasteiger partial charge in [-0.3, -0.25) is 9.36 Å². The van der Waals surface area contributed by atoms with Crippen LogP contribution in [0.1, 0.15) is 17.4 Å². The highest BCUT2D eigenvalue weighted by Crippen LogP contribution is 2.40. The van der Waals surface area contributed by atoms with Gasteiger partial charge in [-0.2, -0.15) is 4.98 Å². The lowest BCUT2D eigenvalue weighted by atomic mass is 10.1. The quantitative estimate of drug-likeness (QED) is 0.854. The fourth-order valence-electron chi connectivity index (χ4n) is 3.00. The number of aromatic nitrogens is 2. The highest BCUT2D eigenvalue weighted by atomic mass is 19.1. The number of nitrogens with zero attached hydrogens (tertiary/aromatic N) is 2. The number of hydrogen-bond donors (Lipinski definition) is 0. The lowest BCUT2D eigenvalue weighted by Crippen LogP contribution is -2.41. The van der Waals surface area contributed by atoms with Gasteiger partial charge in [0.1, 0.15) is 6.10 Å². The summed E-state index contributed by atoms with van der Waals surface area (Å²) in [6.07, 6.45) is -2.01. The van der Waals surface area contributed by atoms with E-state index in [0.717, 1.165) is 5.56 Å². The van der Waals surface area contributed by atoms with Crippen LogP contribution in [0.25, 0.3) is 0 Å².